The van der Waals surface area contributed by atoms with E-state index in [0.29, 0.717) is 5.65 Å². The highest BCUT2D eigenvalue weighted by Crippen LogP contribution is 2.26. The van der Waals surface area contributed by atoms with Gasteiger partial charge in [0, 0.05) is 22.8 Å². The number of benzene rings is 2. The van der Waals surface area contributed by atoms with Crippen molar-refractivity contribution in [2.75, 3.05) is 5.32 Å². The van der Waals surface area contributed by atoms with Gasteiger partial charge in [-0.1, -0.05) is 30.3 Å². The standard InChI is InChI=1S/C21H20N4O2/c1-13-8-4-6-10-17(13)22-21(27)15(3)25-18-11-7-5-9-16(18)20-23-19(26)12-14(2)24(20)25/h4-12,15H,1-3H3,(H,22,27)/t15-/m1/s1. The molecule has 27 heavy (non-hydrogen) atoms. The Morgan fingerprint density at radius 2 is 1.78 bits per heavy atom. The number of hydrogen-bond acceptors (Lipinski definition) is 3. The van der Waals surface area contributed by atoms with Gasteiger partial charge in [0.25, 0.3) is 5.56 Å². The molecule has 0 aliphatic heterocycles. The van der Waals surface area contributed by atoms with Gasteiger partial charge in [-0.3, -0.25) is 14.3 Å². The first-order valence-corrected chi connectivity index (χ1v) is 8.83. The number of nitrogens with one attached hydrogen (secondary N) is 1. The van der Waals surface area contributed by atoms with Gasteiger partial charge in [0.05, 0.1) is 5.52 Å². The molecule has 6 nitrogen and oxygen atoms in total. The zero-order valence-electron chi connectivity index (χ0n) is 15.4. The molecular formula is C21H20N4O2. The zero-order valence-corrected chi connectivity index (χ0v) is 15.4. The maximum Gasteiger partial charge on any atom is 0.273 e. The van der Waals surface area contributed by atoms with E-state index < -0.39 is 6.04 Å². The van der Waals surface area contributed by atoms with E-state index in [1.54, 1.807) is 0 Å². The third-order valence-electron chi connectivity index (χ3n) is 4.84. The van der Waals surface area contributed by atoms with Crippen LogP contribution in [0.2, 0.25) is 0 Å². The fourth-order valence-corrected chi connectivity index (χ4v) is 3.45. The van der Waals surface area contributed by atoms with Gasteiger partial charge in [0.1, 0.15) is 6.04 Å². The van der Waals surface area contributed by atoms with E-state index in [4.69, 9.17) is 0 Å². The molecule has 4 rings (SSSR count). The molecule has 136 valence electrons. The highest BCUT2D eigenvalue weighted by molar-refractivity contribution is 5.97. The predicted octanol–water partition coefficient (Wildman–Crippen LogP) is 3.47. The Kier molecular flexibility index (Phi) is 4.03. The molecule has 0 spiro atoms. The number of rotatable bonds is 3. The van der Waals surface area contributed by atoms with Gasteiger partial charge in [-0.15, -0.1) is 0 Å². The maximum atomic E-state index is 13.0. The second-order valence-electron chi connectivity index (χ2n) is 6.71. The Morgan fingerprint density at radius 3 is 2.56 bits per heavy atom. The molecule has 0 aliphatic carbocycles. The largest absolute Gasteiger partial charge is 0.324 e. The average molecular weight is 360 g/mol. The zero-order chi connectivity index (χ0) is 19.1. The highest BCUT2D eigenvalue weighted by Gasteiger charge is 2.22. The Labute approximate surface area is 156 Å². The van der Waals surface area contributed by atoms with E-state index in [2.05, 4.69) is 10.3 Å². The number of para-hydroxylation sites is 2. The van der Waals surface area contributed by atoms with Gasteiger partial charge in [-0.05, 0) is 44.5 Å². The normalized spacial score (nSPS) is 12.4. The third-order valence-corrected chi connectivity index (χ3v) is 4.84. The summed E-state index contributed by atoms with van der Waals surface area (Å²) < 4.78 is 3.73. The number of nitrogens with zero attached hydrogens (tertiary/aromatic N) is 3. The topological polar surface area (TPSA) is 68.4 Å². The summed E-state index contributed by atoms with van der Waals surface area (Å²) in [5.41, 5.74) is 3.65. The number of amides is 1. The summed E-state index contributed by atoms with van der Waals surface area (Å²) in [6, 6.07) is 16.3. The van der Waals surface area contributed by atoms with Crippen LogP contribution < -0.4 is 10.9 Å². The Bertz CT molecular complexity index is 1240. The number of carbonyl (C=O) groups is 1. The van der Waals surface area contributed by atoms with Gasteiger partial charge in [-0.25, -0.2) is 4.52 Å². The average Bonchev–Trinajstić information content (AvgIpc) is 2.98. The Hall–Kier alpha value is -3.41. The number of aryl methyl sites for hydroxylation is 2. The molecule has 1 atom stereocenters. The SMILES string of the molecule is Cc1ccccc1NC(=O)[C@@H](C)n1c2ccccc2c2nc(=O)cc(C)n21. The molecule has 0 saturated heterocycles. The number of carbonyl (C=O) groups excluding carboxylic acids is 1. The van der Waals surface area contributed by atoms with Crippen LogP contribution in [-0.4, -0.2) is 20.1 Å². The van der Waals surface area contributed by atoms with Crippen LogP contribution in [0.5, 0.6) is 0 Å². The second-order valence-corrected chi connectivity index (χ2v) is 6.71. The lowest BCUT2D eigenvalue weighted by Gasteiger charge is -2.18. The molecular weight excluding hydrogens is 340 g/mol. The van der Waals surface area contributed by atoms with Crippen molar-refractivity contribution < 1.29 is 4.79 Å². The molecule has 1 amide bonds. The molecule has 2 aromatic heterocycles. The van der Waals surface area contributed by atoms with Crippen LogP contribution in [-0.2, 0) is 4.79 Å². The third kappa shape index (κ3) is 2.79. The van der Waals surface area contributed by atoms with E-state index in [-0.39, 0.29) is 11.5 Å². The van der Waals surface area contributed by atoms with Gasteiger partial charge < -0.3 is 5.32 Å². The molecule has 0 bridgehead atoms. The predicted molar refractivity (Wildman–Crippen MR) is 106 cm³/mol. The minimum absolute atomic E-state index is 0.134. The maximum absolute atomic E-state index is 13.0. The first-order valence-electron chi connectivity index (χ1n) is 8.83. The second kappa shape index (κ2) is 6.39. The summed E-state index contributed by atoms with van der Waals surface area (Å²) in [6.07, 6.45) is 0. The lowest BCUT2D eigenvalue weighted by atomic mass is 10.2. The van der Waals surface area contributed by atoms with Gasteiger partial charge >= 0.3 is 0 Å². The van der Waals surface area contributed by atoms with Crippen LogP contribution in [0.3, 0.4) is 0 Å². The molecule has 2 heterocycles. The summed E-state index contributed by atoms with van der Waals surface area (Å²) in [5.74, 6) is -0.134. The van der Waals surface area contributed by atoms with Crippen molar-refractivity contribution in [3.8, 4) is 0 Å². The van der Waals surface area contributed by atoms with Crippen LogP contribution in [0.4, 0.5) is 5.69 Å². The van der Waals surface area contributed by atoms with Gasteiger partial charge in [0.2, 0.25) is 5.91 Å². The quantitative estimate of drug-likeness (QED) is 0.608. The van der Waals surface area contributed by atoms with Crippen molar-refractivity contribution in [1.29, 1.82) is 0 Å². The molecule has 0 aliphatic rings. The Balaban J connectivity index is 1.88. The number of fused-ring (bicyclic) bond motifs is 3. The van der Waals surface area contributed by atoms with E-state index in [0.717, 1.165) is 27.8 Å². The summed E-state index contributed by atoms with van der Waals surface area (Å²) in [6.45, 7) is 5.65. The van der Waals surface area contributed by atoms with E-state index in [1.165, 1.54) is 6.07 Å². The van der Waals surface area contributed by atoms with Crippen molar-refractivity contribution in [3.63, 3.8) is 0 Å². The summed E-state index contributed by atoms with van der Waals surface area (Å²) >= 11 is 0. The molecule has 0 saturated carbocycles. The van der Waals surface area contributed by atoms with Crippen LogP contribution in [0.25, 0.3) is 16.6 Å². The minimum Gasteiger partial charge on any atom is -0.324 e. The lowest BCUT2D eigenvalue weighted by Crippen LogP contribution is -2.27. The van der Waals surface area contributed by atoms with Crippen molar-refractivity contribution in [3.05, 3.63) is 76.2 Å². The molecule has 2 aromatic carbocycles. The first-order chi connectivity index (χ1) is 13.0. The molecule has 6 heteroatoms. The van der Waals surface area contributed by atoms with Crippen molar-refractivity contribution in [2.24, 2.45) is 0 Å². The van der Waals surface area contributed by atoms with E-state index >= 15 is 0 Å². The molecule has 0 fully saturated rings. The highest BCUT2D eigenvalue weighted by atomic mass is 16.2. The molecule has 1 N–H and O–H groups in total. The Morgan fingerprint density at radius 1 is 1.07 bits per heavy atom. The monoisotopic (exact) mass is 360 g/mol. The van der Waals surface area contributed by atoms with Crippen LogP contribution in [0.1, 0.15) is 24.2 Å². The van der Waals surface area contributed by atoms with Gasteiger partial charge in [-0.2, -0.15) is 4.98 Å². The fourth-order valence-electron chi connectivity index (χ4n) is 3.45. The smallest absolute Gasteiger partial charge is 0.273 e. The number of anilines is 1. The molecule has 4 aromatic rings. The van der Waals surface area contributed by atoms with Crippen molar-refractivity contribution in [2.45, 2.75) is 26.8 Å². The van der Waals surface area contributed by atoms with Crippen molar-refractivity contribution >= 4 is 28.1 Å². The van der Waals surface area contributed by atoms with E-state index in [1.807, 2.05) is 78.5 Å². The molecule has 0 unspecified atom stereocenters. The first kappa shape index (κ1) is 17.0. The summed E-state index contributed by atoms with van der Waals surface area (Å²) in [7, 11) is 0. The van der Waals surface area contributed by atoms with Crippen LogP contribution in [0.15, 0.2) is 59.4 Å². The summed E-state index contributed by atoms with van der Waals surface area (Å²) in [5, 5.41) is 3.84. The van der Waals surface area contributed by atoms with Gasteiger partial charge in [0.15, 0.2) is 5.65 Å². The van der Waals surface area contributed by atoms with Crippen LogP contribution in [0, 0.1) is 13.8 Å². The molecule has 0 radical (unpaired) electrons. The fraction of sp³-hybridized carbons (Fsp3) is 0.190. The number of aromatic nitrogens is 3. The van der Waals surface area contributed by atoms with Crippen LogP contribution >= 0.6 is 0 Å². The lowest BCUT2D eigenvalue weighted by molar-refractivity contribution is -0.119. The summed E-state index contributed by atoms with van der Waals surface area (Å²) in [4.78, 5) is 29.1. The van der Waals surface area contributed by atoms with E-state index in [9.17, 15) is 9.59 Å². The van der Waals surface area contributed by atoms with Crippen molar-refractivity contribution in [1.82, 2.24) is 14.2 Å². The number of hydrogen-bond donors (Lipinski definition) is 1. The minimum atomic E-state index is -0.505.